The van der Waals surface area contributed by atoms with Crippen LogP contribution in [-0.4, -0.2) is 16.5 Å². The van der Waals surface area contributed by atoms with Crippen molar-refractivity contribution in [2.75, 3.05) is 0 Å². The van der Waals surface area contributed by atoms with E-state index in [9.17, 15) is 9.90 Å². The molecule has 1 N–H and O–H groups in total. The Morgan fingerprint density at radius 1 is 1.53 bits per heavy atom. The summed E-state index contributed by atoms with van der Waals surface area (Å²) in [6.07, 6.45) is 1.93. The number of hydrogen-bond acceptors (Lipinski definition) is 3. The van der Waals surface area contributed by atoms with Crippen LogP contribution in [0.1, 0.15) is 67.9 Å². The van der Waals surface area contributed by atoms with Crippen LogP contribution in [0, 0.1) is 6.92 Å². The van der Waals surface area contributed by atoms with E-state index in [2.05, 4.69) is 20.8 Å². The Morgan fingerprint density at radius 3 is 2.68 bits per heavy atom. The predicted molar refractivity (Wildman–Crippen MR) is 75.2 cm³/mol. The van der Waals surface area contributed by atoms with Gasteiger partial charge in [0.1, 0.15) is 17.1 Å². The second kappa shape index (κ2) is 4.55. The maximum Gasteiger partial charge on any atom is 0.163 e. The molecule has 1 heterocycles. The van der Waals surface area contributed by atoms with Gasteiger partial charge in [0.25, 0.3) is 0 Å². The molecule has 19 heavy (non-hydrogen) atoms. The van der Waals surface area contributed by atoms with Gasteiger partial charge in [-0.1, -0.05) is 6.92 Å². The molecular formula is C16H22O3. The molecule has 1 aromatic carbocycles. The number of fused-ring (bicyclic) bond motifs is 1. The van der Waals surface area contributed by atoms with Gasteiger partial charge in [-0.3, -0.25) is 4.79 Å². The SMILES string of the molecule is CCC1CC(C)(C)Oc2c1cc(C(C)=O)c(O)c2C. The fraction of sp³-hybridized carbons (Fsp3) is 0.562. The van der Waals surface area contributed by atoms with Crippen LogP contribution in [0.3, 0.4) is 0 Å². The minimum absolute atomic E-state index is 0.0544. The number of Topliss-reactive ketones (excluding diaryl/α,β-unsaturated/α-hetero) is 1. The van der Waals surface area contributed by atoms with Gasteiger partial charge in [0.15, 0.2) is 5.78 Å². The Bertz CT molecular complexity index is 529. The highest BCUT2D eigenvalue weighted by atomic mass is 16.5. The third kappa shape index (κ3) is 2.34. The second-order valence-corrected chi connectivity index (χ2v) is 6.04. The third-order valence-corrected chi connectivity index (χ3v) is 3.94. The van der Waals surface area contributed by atoms with Crippen LogP contribution in [0.15, 0.2) is 6.07 Å². The maximum absolute atomic E-state index is 11.6. The van der Waals surface area contributed by atoms with Crippen molar-refractivity contribution in [1.82, 2.24) is 0 Å². The lowest BCUT2D eigenvalue weighted by molar-refractivity contribution is 0.0698. The number of ether oxygens (including phenoxy) is 1. The molecule has 0 amide bonds. The van der Waals surface area contributed by atoms with Crippen LogP contribution in [0.2, 0.25) is 0 Å². The number of carbonyl (C=O) groups excluding carboxylic acids is 1. The molecule has 0 saturated carbocycles. The van der Waals surface area contributed by atoms with E-state index in [1.807, 2.05) is 13.0 Å². The maximum atomic E-state index is 11.6. The minimum Gasteiger partial charge on any atom is -0.507 e. The van der Waals surface area contributed by atoms with E-state index >= 15 is 0 Å². The summed E-state index contributed by atoms with van der Waals surface area (Å²) in [5.74, 6) is 1.07. The van der Waals surface area contributed by atoms with Gasteiger partial charge in [0.05, 0.1) is 5.56 Å². The molecule has 2 rings (SSSR count). The average molecular weight is 262 g/mol. The monoisotopic (exact) mass is 262 g/mol. The number of carbonyl (C=O) groups is 1. The van der Waals surface area contributed by atoms with Crippen LogP contribution in [0.4, 0.5) is 0 Å². The van der Waals surface area contributed by atoms with Crippen molar-refractivity contribution >= 4 is 5.78 Å². The first-order valence-electron chi connectivity index (χ1n) is 6.83. The normalized spacial score (nSPS) is 20.6. The lowest BCUT2D eigenvalue weighted by Gasteiger charge is -2.38. The number of phenols is 1. The molecule has 0 spiro atoms. The number of phenolic OH excluding ortho intramolecular Hbond substituents is 1. The molecule has 0 saturated heterocycles. The first-order valence-corrected chi connectivity index (χ1v) is 6.83. The Hall–Kier alpha value is -1.51. The first kappa shape index (κ1) is 13.9. The van der Waals surface area contributed by atoms with Crippen LogP contribution in [0.25, 0.3) is 0 Å². The molecule has 0 radical (unpaired) electrons. The molecule has 3 heteroatoms. The number of rotatable bonds is 2. The zero-order valence-electron chi connectivity index (χ0n) is 12.3. The molecule has 104 valence electrons. The van der Waals surface area contributed by atoms with Gasteiger partial charge in [0.2, 0.25) is 0 Å². The lowest BCUT2D eigenvalue weighted by atomic mass is 9.81. The predicted octanol–water partition coefficient (Wildman–Crippen LogP) is 3.96. The Balaban J connectivity index is 2.66. The summed E-state index contributed by atoms with van der Waals surface area (Å²) in [5.41, 5.74) is 1.90. The summed E-state index contributed by atoms with van der Waals surface area (Å²) in [6.45, 7) is 9.57. The summed E-state index contributed by atoms with van der Waals surface area (Å²) < 4.78 is 6.03. The molecule has 0 aromatic heterocycles. The molecule has 1 aromatic rings. The third-order valence-electron chi connectivity index (χ3n) is 3.94. The summed E-state index contributed by atoms with van der Waals surface area (Å²) >= 11 is 0. The largest absolute Gasteiger partial charge is 0.507 e. The molecule has 1 aliphatic heterocycles. The van der Waals surface area contributed by atoms with Gasteiger partial charge in [-0.15, -0.1) is 0 Å². The highest BCUT2D eigenvalue weighted by Crippen LogP contribution is 2.47. The summed E-state index contributed by atoms with van der Waals surface area (Å²) in [7, 11) is 0. The highest BCUT2D eigenvalue weighted by molar-refractivity contribution is 5.97. The molecule has 0 bridgehead atoms. The van der Waals surface area contributed by atoms with Crippen molar-refractivity contribution in [3.8, 4) is 11.5 Å². The van der Waals surface area contributed by atoms with Crippen LogP contribution >= 0.6 is 0 Å². The molecule has 1 aliphatic rings. The Kier molecular flexibility index (Phi) is 3.33. The fourth-order valence-corrected chi connectivity index (χ4v) is 2.91. The van der Waals surface area contributed by atoms with Crippen molar-refractivity contribution in [1.29, 1.82) is 0 Å². The average Bonchev–Trinajstić information content (AvgIpc) is 2.32. The number of benzene rings is 1. The Labute approximate surface area is 114 Å². The topological polar surface area (TPSA) is 46.5 Å². The summed E-state index contributed by atoms with van der Waals surface area (Å²) in [4.78, 5) is 11.6. The molecule has 3 nitrogen and oxygen atoms in total. The molecule has 1 unspecified atom stereocenters. The summed E-state index contributed by atoms with van der Waals surface area (Å²) in [6, 6.07) is 1.81. The van der Waals surface area contributed by atoms with Crippen LogP contribution in [0.5, 0.6) is 11.5 Å². The van der Waals surface area contributed by atoms with Crippen LogP contribution in [-0.2, 0) is 0 Å². The second-order valence-electron chi connectivity index (χ2n) is 6.04. The molecule has 1 atom stereocenters. The van der Waals surface area contributed by atoms with E-state index in [1.165, 1.54) is 6.92 Å². The van der Waals surface area contributed by atoms with Gasteiger partial charge in [-0.05, 0) is 58.1 Å². The van der Waals surface area contributed by atoms with E-state index in [0.717, 1.165) is 24.2 Å². The standard InChI is InChI=1S/C16H22O3/c1-6-11-8-16(4,5)19-15-9(2)14(18)12(10(3)17)7-13(11)15/h7,11,18H,6,8H2,1-5H3. The van der Waals surface area contributed by atoms with E-state index < -0.39 is 0 Å². The first-order chi connectivity index (χ1) is 8.76. The van der Waals surface area contributed by atoms with E-state index in [0.29, 0.717) is 17.0 Å². The number of aromatic hydroxyl groups is 1. The quantitative estimate of drug-likeness (QED) is 0.821. The van der Waals surface area contributed by atoms with Gasteiger partial charge in [-0.25, -0.2) is 0 Å². The van der Waals surface area contributed by atoms with E-state index in [-0.39, 0.29) is 17.1 Å². The van der Waals surface area contributed by atoms with Crippen molar-refractivity contribution in [3.63, 3.8) is 0 Å². The van der Waals surface area contributed by atoms with Crippen molar-refractivity contribution in [3.05, 3.63) is 22.8 Å². The highest BCUT2D eigenvalue weighted by Gasteiger charge is 2.35. The van der Waals surface area contributed by atoms with Gasteiger partial charge in [-0.2, -0.15) is 0 Å². The van der Waals surface area contributed by atoms with Crippen LogP contribution < -0.4 is 4.74 Å². The fourth-order valence-electron chi connectivity index (χ4n) is 2.91. The van der Waals surface area contributed by atoms with Crippen molar-refractivity contribution in [2.45, 2.75) is 59.0 Å². The van der Waals surface area contributed by atoms with E-state index in [4.69, 9.17) is 4.74 Å². The van der Waals surface area contributed by atoms with Crippen molar-refractivity contribution in [2.24, 2.45) is 0 Å². The van der Waals surface area contributed by atoms with Gasteiger partial charge in [0, 0.05) is 5.56 Å². The zero-order chi connectivity index (χ0) is 14.4. The smallest absolute Gasteiger partial charge is 0.163 e. The number of ketones is 1. The van der Waals surface area contributed by atoms with Gasteiger partial charge < -0.3 is 9.84 Å². The molecular weight excluding hydrogens is 240 g/mol. The number of hydrogen-bond donors (Lipinski definition) is 1. The van der Waals surface area contributed by atoms with Gasteiger partial charge >= 0.3 is 0 Å². The summed E-state index contributed by atoms with van der Waals surface area (Å²) in [5, 5.41) is 10.2. The van der Waals surface area contributed by atoms with Crippen molar-refractivity contribution < 1.29 is 14.6 Å². The van der Waals surface area contributed by atoms with E-state index in [1.54, 1.807) is 0 Å². The molecule has 0 fully saturated rings. The lowest BCUT2D eigenvalue weighted by Crippen LogP contribution is -2.35. The zero-order valence-corrected chi connectivity index (χ0v) is 12.3. The molecule has 0 aliphatic carbocycles. The minimum atomic E-state index is -0.234. The Morgan fingerprint density at radius 2 is 2.16 bits per heavy atom.